The minimum Gasteiger partial charge on any atom is -0.466 e. The van der Waals surface area contributed by atoms with Crippen LogP contribution in [0, 0.1) is 23.7 Å². The van der Waals surface area contributed by atoms with Crippen LogP contribution in [0.25, 0.3) is 0 Å². The Morgan fingerprint density at radius 3 is 2.30 bits per heavy atom. The van der Waals surface area contributed by atoms with Gasteiger partial charge in [0.2, 0.25) is 0 Å². The maximum atomic E-state index is 12.7. The first-order valence-electron chi connectivity index (χ1n) is 9.79. The van der Waals surface area contributed by atoms with Crippen LogP contribution in [0.3, 0.4) is 0 Å². The number of ether oxygens (including phenoxy) is 2. The molecule has 0 spiro atoms. The molecule has 0 aromatic heterocycles. The fourth-order valence-electron chi connectivity index (χ4n) is 3.03. The molecule has 0 aliphatic heterocycles. The summed E-state index contributed by atoms with van der Waals surface area (Å²) in [6, 6.07) is 9.40. The topological polar surface area (TPSA) is 55.8 Å². The Morgan fingerprint density at radius 1 is 1.03 bits per heavy atom. The van der Waals surface area contributed by atoms with E-state index in [1.165, 1.54) is 14.2 Å². The second kappa shape index (κ2) is 11.0. The lowest BCUT2D eigenvalue weighted by atomic mass is 9.87. The third kappa shape index (κ3) is 5.86. The Balaban J connectivity index is 2.72. The standard InChI is InChI=1S/C25H27NO4/c1-26(2)25(17-15-20-11-7-5-8-12-20,18-16-21-13-9-6-10-14-21)22(24(28)30-4)19-23(27)29-3/h5,7-8,11-13,19H,6,9-10,14H2,1-4H3/b22-19+. The molecule has 0 amide bonds. The van der Waals surface area contributed by atoms with Crippen molar-refractivity contribution in [3.05, 3.63) is 59.2 Å². The minimum atomic E-state index is -1.37. The Labute approximate surface area is 178 Å². The van der Waals surface area contributed by atoms with E-state index in [1.54, 1.807) is 19.0 Å². The first-order valence-corrected chi connectivity index (χ1v) is 9.79. The van der Waals surface area contributed by atoms with Crippen molar-refractivity contribution in [3.8, 4) is 23.7 Å². The number of hydrogen-bond acceptors (Lipinski definition) is 5. The van der Waals surface area contributed by atoms with Crippen LogP contribution in [0.1, 0.15) is 31.2 Å². The second-order valence-electron chi connectivity index (χ2n) is 7.02. The molecule has 0 N–H and O–H groups in total. The Bertz CT molecular complexity index is 952. The van der Waals surface area contributed by atoms with Gasteiger partial charge in [-0.05, 0) is 57.5 Å². The third-order valence-corrected chi connectivity index (χ3v) is 4.79. The van der Waals surface area contributed by atoms with Gasteiger partial charge in [-0.2, -0.15) is 0 Å². The van der Waals surface area contributed by atoms with Crippen LogP contribution in [0.15, 0.2) is 53.6 Å². The number of benzene rings is 1. The summed E-state index contributed by atoms with van der Waals surface area (Å²) < 4.78 is 9.72. The number of allylic oxidation sites excluding steroid dienone is 2. The molecular formula is C25H27NO4. The summed E-state index contributed by atoms with van der Waals surface area (Å²) in [6.45, 7) is 0. The van der Waals surface area contributed by atoms with E-state index in [2.05, 4.69) is 29.8 Å². The van der Waals surface area contributed by atoms with Crippen molar-refractivity contribution < 1.29 is 19.1 Å². The van der Waals surface area contributed by atoms with E-state index in [0.29, 0.717) is 0 Å². The Kier molecular flexibility index (Phi) is 8.47. The fraction of sp³-hybridized carbons (Fsp3) is 0.360. The molecule has 30 heavy (non-hydrogen) atoms. The van der Waals surface area contributed by atoms with Gasteiger partial charge in [-0.3, -0.25) is 4.90 Å². The van der Waals surface area contributed by atoms with Crippen LogP contribution in [-0.2, 0) is 19.1 Å². The number of likely N-dealkylation sites (N-methyl/N-ethyl adjacent to an activating group) is 1. The largest absolute Gasteiger partial charge is 0.466 e. The predicted octanol–water partition coefficient (Wildman–Crippen LogP) is 3.11. The van der Waals surface area contributed by atoms with E-state index >= 15 is 0 Å². The van der Waals surface area contributed by atoms with Gasteiger partial charge in [-0.25, -0.2) is 9.59 Å². The van der Waals surface area contributed by atoms with Crippen LogP contribution in [0.2, 0.25) is 0 Å². The van der Waals surface area contributed by atoms with E-state index in [4.69, 9.17) is 9.47 Å². The van der Waals surface area contributed by atoms with Gasteiger partial charge in [-0.1, -0.05) is 48.0 Å². The lowest BCUT2D eigenvalue weighted by Crippen LogP contribution is -2.46. The molecule has 1 unspecified atom stereocenters. The zero-order chi connectivity index (χ0) is 22.0. The van der Waals surface area contributed by atoms with Crippen LogP contribution < -0.4 is 0 Å². The number of nitrogens with zero attached hydrogens (tertiary/aromatic N) is 1. The first kappa shape index (κ1) is 23.0. The molecule has 0 saturated carbocycles. The molecule has 5 nitrogen and oxygen atoms in total. The van der Waals surface area contributed by atoms with Crippen molar-refractivity contribution in [1.29, 1.82) is 0 Å². The average Bonchev–Trinajstić information content (AvgIpc) is 2.78. The summed E-state index contributed by atoms with van der Waals surface area (Å²) >= 11 is 0. The zero-order valence-corrected chi connectivity index (χ0v) is 18.0. The van der Waals surface area contributed by atoms with E-state index in [9.17, 15) is 9.59 Å². The van der Waals surface area contributed by atoms with Crippen LogP contribution >= 0.6 is 0 Å². The van der Waals surface area contributed by atoms with E-state index in [1.807, 2.05) is 30.3 Å². The maximum absolute atomic E-state index is 12.7. The Morgan fingerprint density at radius 2 is 1.73 bits per heavy atom. The number of hydrogen-bond donors (Lipinski definition) is 0. The maximum Gasteiger partial charge on any atom is 0.337 e. The summed E-state index contributed by atoms with van der Waals surface area (Å²) in [7, 11) is 6.03. The van der Waals surface area contributed by atoms with Gasteiger partial charge in [0.25, 0.3) is 0 Å². The molecule has 5 heteroatoms. The zero-order valence-electron chi connectivity index (χ0n) is 18.0. The summed E-state index contributed by atoms with van der Waals surface area (Å²) in [6.07, 6.45) is 7.31. The summed E-state index contributed by atoms with van der Waals surface area (Å²) in [5, 5.41) is 0. The Hall–Kier alpha value is -3.28. The molecule has 0 fully saturated rings. The quantitative estimate of drug-likeness (QED) is 0.438. The van der Waals surface area contributed by atoms with Gasteiger partial charge < -0.3 is 9.47 Å². The first-order chi connectivity index (χ1) is 14.4. The van der Waals surface area contributed by atoms with Crippen molar-refractivity contribution in [1.82, 2.24) is 4.90 Å². The number of rotatable bonds is 4. The van der Waals surface area contributed by atoms with Crippen LogP contribution in [0.4, 0.5) is 0 Å². The van der Waals surface area contributed by atoms with Gasteiger partial charge in [0, 0.05) is 11.6 Å². The van der Waals surface area contributed by atoms with E-state index in [0.717, 1.165) is 42.9 Å². The number of esters is 2. The van der Waals surface area contributed by atoms with Crippen LogP contribution in [0.5, 0.6) is 0 Å². The fourth-order valence-corrected chi connectivity index (χ4v) is 3.03. The van der Waals surface area contributed by atoms with Gasteiger partial charge in [0.15, 0.2) is 5.54 Å². The molecule has 1 aliphatic rings. The molecule has 1 atom stereocenters. The van der Waals surface area contributed by atoms with E-state index < -0.39 is 17.5 Å². The molecule has 1 aliphatic carbocycles. The van der Waals surface area contributed by atoms with Gasteiger partial charge >= 0.3 is 11.9 Å². The number of carbonyl (C=O) groups is 2. The minimum absolute atomic E-state index is 0.00851. The van der Waals surface area contributed by atoms with Crippen molar-refractivity contribution in [2.75, 3.05) is 28.3 Å². The normalized spacial score (nSPS) is 15.5. The van der Waals surface area contributed by atoms with Crippen molar-refractivity contribution in [3.63, 3.8) is 0 Å². The molecule has 1 aromatic rings. The van der Waals surface area contributed by atoms with Crippen LogP contribution in [-0.4, -0.2) is 50.7 Å². The highest BCUT2D eigenvalue weighted by Crippen LogP contribution is 2.25. The molecular weight excluding hydrogens is 378 g/mol. The predicted molar refractivity (Wildman–Crippen MR) is 116 cm³/mol. The molecule has 2 rings (SSSR count). The van der Waals surface area contributed by atoms with Gasteiger partial charge in [0.1, 0.15) is 0 Å². The molecule has 0 heterocycles. The summed E-state index contributed by atoms with van der Waals surface area (Å²) in [4.78, 5) is 26.5. The second-order valence-corrected chi connectivity index (χ2v) is 7.02. The molecule has 0 radical (unpaired) electrons. The van der Waals surface area contributed by atoms with Gasteiger partial charge in [0.05, 0.1) is 19.8 Å². The summed E-state index contributed by atoms with van der Waals surface area (Å²) in [5.74, 6) is 11.2. The lowest BCUT2D eigenvalue weighted by Gasteiger charge is -2.31. The summed E-state index contributed by atoms with van der Waals surface area (Å²) in [5.41, 5.74) is 0.422. The highest BCUT2D eigenvalue weighted by molar-refractivity contribution is 6.00. The third-order valence-electron chi connectivity index (χ3n) is 4.79. The van der Waals surface area contributed by atoms with Crippen molar-refractivity contribution >= 4 is 11.9 Å². The molecule has 0 saturated heterocycles. The monoisotopic (exact) mass is 405 g/mol. The average molecular weight is 405 g/mol. The van der Waals surface area contributed by atoms with E-state index in [-0.39, 0.29) is 5.57 Å². The molecule has 1 aromatic carbocycles. The molecule has 156 valence electrons. The number of methoxy groups -OCH3 is 2. The van der Waals surface area contributed by atoms with Crippen molar-refractivity contribution in [2.24, 2.45) is 0 Å². The lowest BCUT2D eigenvalue weighted by molar-refractivity contribution is -0.139. The number of carbonyl (C=O) groups excluding carboxylic acids is 2. The molecule has 0 bridgehead atoms. The smallest absolute Gasteiger partial charge is 0.337 e. The highest BCUT2D eigenvalue weighted by Gasteiger charge is 2.39. The van der Waals surface area contributed by atoms with Gasteiger partial charge in [-0.15, -0.1) is 0 Å². The van der Waals surface area contributed by atoms with Crippen molar-refractivity contribution in [2.45, 2.75) is 31.2 Å². The highest BCUT2D eigenvalue weighted by atomic mass is 16.5. The SMILES string of the molecule is COC(=O)/C=C(\C(=O)OC)C(C#CC1=CCCCC1)(C#Cc1ccccc1)N(C)C.